The number of hydrogen-bond acceptors (Lipinski definition) is 5. The molecule has 0 bridgehead atoms. The molecule has 0 N–H and O–H groups in total. The molecule has 10 rings (SSSR count). The fourth-order valence-corrected chi connectivity index (χ4v) is 6.89. The average molecular weight is 590 g/mol. The molecular formula is C41H23N3O2. The second kappa shape index (κ2) is 9.58. The maximum atomic E-state index is 6.27. The Morgan fingerprint density at radius 3 is 1.67 bits per heavy atom. The lowest BCUT2D eigenvalue weighted by Gasteiger charge is -2.13. The smallest absolute Gasteiger partial charge is 0.164 e. The first-order valence-corrected chi connectivity index (χ1v) is 15.3. The fraction of sp³-hybridized carbons (Fsp3) is 0. The van der Waals surface area contributed by atoms with Gasteiger partial charge in [0.25, 0.3) is 0 Å². The van der Waals surface area contributed by atoms with E-state index in [-0.39, 0.29) is 0 Å². The zero-order valence-corrected chi connectivity index (χ0v) is 24.4. The van der Waals surface area contributed by atoms with Crippen LogP contribution in [-0.4, -0.2) is 15.0 Å². The van der Waals surface area contributed by atoms with Crippen molar-refractivity contribution in [3.05, 3.63) is 140 Å². The molecule has 0 aliphatic carbocycles. The molecular weight excluding hydrogens is 566 g/mol. The molecule has 0 saturated heterocycles. The summed E-state index contributed by atoms with van der Waals surface area (Å²) in [7, 11) is 0. The highest BCUT2D eigenvalue weighted by atomic mass is 16.3. The molecule has 0 atom stereocenters. The van der Waals surface area contributed by atoms with Crippen molar-refractivity contribution < 1.29 is 8.83 Å². The van der Waals surface area contributed by atoms with Gasteiger partial charge in [-0.1, -0.05) is 109 Å². The molecule has 0 radical (unpaired) electrons. The Hall–Kier alpha value is -6.33. The van der Waals surface area contributed by atoms with Crippen LogP contribution in [0.15, 0.2) is 148 Å². The summed E-state index contributed by atoms with van der Waals surface area (Å²) in [4.78, 5) is 15.4. The Morgan fingerprint density at radius 1 is 0.348 bits per heavy atom. The highest BCUT2D eigenvalue weighted by molar-refractivity contribution is 6.28. The minimum absolute atomic E-state index is 0.599. The Balaban J connectivity index is 1.30. The van der Waals surface area contributed by atoms with E-state index in [1.54, 1.807) is 0 Å². The lowest BCUT2D eigenvalue weighted by molar-refractivity contribution is 0.668. The van der Waals surface area contributed by atoms with Gasteiger partial charge < -0.3 is 8.83 Å². The molecule has 0 saturated carbocycles. The van der Waals surface area contributed by atoms with Crippen LogP contribution in [0.3, 0.4) is 0 Å². The summed E-state index contributed by atoms with van der Waals surface area (Å²) >= 11 is 0. The van der Waals surface area contributed by atoms with Gasteiger partial charge in [-0.3, -0.25) is 0 Å². The van der Waals surface area contributed by atoms with Crippen LogP contribution in [0, 0.1) is 0 Å². The molecule has 7 aromatic carbocycles. The van der Waals surface area contributed by atoms with Crippen molar-refractivity contribution in [2.45, 2.75) is 0 Å². The van der Waals surface area contributed by atoms with Gasteiger partial charge in [0.15, 0.2) is 17.5 Å². The van der Waals surface area contributed by atoms with Crippen LogP contribution >= 0.6 is 0 Å². The van der Waals surface area contributed by atoms with Gasteiger partial charge in [0.05, 0.1) is 0 Å². The van der Waals surface area contributed by atoms with Crippen molar-refractivity contribution in [2.75, 3.05) is 0 Å². The summed E-state index contributed by atoms with van der Waals surface area (Å²) in [6.45, 7) is 0. The monoisotopic (exact) mass is 589 g/mol. The molecule has 0 unspecified atom stereocenters. The lowest BCUT2D eigenvalue weighted by Crippen LogP contribution is -2.01. The topological polar surface area (TPSA) is 65.0 Å². The highest BCUT2D eigenvalue weighted by Gasteiger charge is 2.20. The van der Waals surface area contributed by atoms with Gasteiger partial charge in [0, 0.05) is 43.6 Å². The molecule has 5 nitrogen and oxygen atoms in total. The number of hydrogen-bond donors (Lipinski definition) is 0. The largest absolute Gasteiger partial charge is 0.456 e. The number of fused-ring (bicyclic) bond motifs is 10. The van der Waals surface area contributed by atoms with Gasteiger partial charge >= 0.3 is 0 Å². The molecule has 3 heterocycles. The average Bonchev–Trinajstić information content (AvgIpc) is 3.70. The van der Waals surface area contributed by atoms with Crippen molar-refractivity contribution in [3.63, 3.8) is 0 Å². The van der Waals surface area contributed by atoms with Crippen LogP contribution in [0.2, 0.25) is 0 Å². The van der Waals surface area contributed by atoms with Crippen LogP contribution in [0.25, 0.3) is 99.6 Å². The minimum Gasteiger partial charge on any atom is -0.456 e. The number of para-hydroxylation sites is 2. The van der Waals surface area contributed by atoms with Crippen LogP contribution < -0.4 is 0 Å². The van der Waals surface area contributed by atoms with Crippen molar-refractivity contribution in [1.82, 2.24) is 15.0 Å². The molecule has 214 valence electrons. The van der Waals surface area contributed by atoms with Crippen molar-refractivity contribution in [3.8, 4) is 34.2 Å². The molecule has 0 fully saturated rings. The van der Waals surface area contributed by atoms with E-state index in [1.165, 1.54) is 0 Å². The molecule has 0 aliphatic rings. The lowest BCUT2D eigenvalue weighted by atomic mass is 9.93. The quantitative estimate of drug-likeness (QED) is 0.192. The standard InChI is InChI=1S/C41H23N3O2/c1-2-11-24(12-3-1)39-42-40(30-17-10-20-34-37(30)28-15-6-8-18-32(28)45-34)44-41(43-39)31-23-25-21-22-35-38(29-16-7-9-19-33(29)46-35)36(25)27-14-5-4-13-26(27)31/h1-23H. The first-order chi connectivity index (χ1) is 22.8. The normalized spacial score (nSPS) is 11.9. The predicted octanol–water partition coefficient (Wildman–Crippen LogP) is 11.0. The van der Waals surface area contributed by atoms with Crippen LogP contribution in [0.1, 0.15) is 0 Å². The van der Waals surface area contributed by atoms with Gasteiger partial charge in [-0.05, 0) is 46.5 Å². The minimum atomic E-state index is 0.599. The number of nitrogens with zero attached hydrogens (tertiary/aromatic N) is 3. The van der Waals surface area contributed by atoms with Gasteiger partial charge in [-0.15, -0.1) is 0 Å². The number of benzene rings is 7. The van der Waals surface area contributed by atoms with E-state index in [0.29, 0.717) is 17.5 Å². The molecule has 3 aromatic heterocycles. The Morgan fingerprint density at radius 2 is 0.913 bits per heavy atom. The van der Waals surface area contributed by atoms with Crippen molar-refractivity contribution in [2.24, 2.45) is 0 Å². The van der Waals surface area contributed by atoms with Crippen LogP contribution in [0.5, 0.6) is 0 Å². The summed E-state index contributed by atoms with van der Waals surface area (Å²) in [6, 6.07) is 47.4. The molecule has 10 aromatic rings. The molecule has 46 heavy (non-hydrogen) atoms. The van der Waals surface area contributed by atoms with E-state index in [9.17, 15) is 0 Å². The maximum Gasteiger partial charge on any atom is 0.164 e. The van der Waals surface area contributed by atoms with Crippen LogP contribution in [-0.2, 0) is 0 Å². The summed E-state index contributed by atoms with van der Waals surface area (Å²) < 4.78 is 12.5. The summed E-state index contributed by atoms with van der Waals surface area (Å²) in [5.41, 5.74) is 6.17. The first-order valence-electron chi connectivity index (χ1n) is 15.3. The van der Waals surface area contributed by atoms with Crippen LogP contribution in [0.4, 0.5) is 0 Å². The maximum absolute atomic E-state index is 6.27. The van der Waals surface area contributed by atoms with Gasteiger partial charge in [-0.25, -0.2) is 15.0 Å². The molecule has 5 heteroatoms. The zero-order chi connectivity index (χ0) is 30.2. The number of furan rings is 2. The summed E-state index contributed by atoms with van der Waals surface area (Å²) in [5, 5.41) is 8.70. The summed E-state index contributed by atoms with van der Waals surface area (Å²) in [5.74, 6) is 1.83. The molecule has 0 aliphatic heterocycles. The van der Waals surface area contributed by atoms with E-state index in [4.69, 9.17) is 23.8 Å². The van der Waals surface area contributed by atoms with Crippen molar-refractivity contribution in [1.29, 1.82) is 0 Å². The predicted molar refractivity (Wildman–Crippen MR) is 186 cm³/mol. The van der Waals surface area contributed by atoms with E-state index in [0.717, 1.165) is 82.1 Å². The third-order valence-electron chi connectivity index (χ3n) is 8.91. The first kappa shape index (κ1) is 25.0. The van der Waals surface area contributed by atoms with E-state index < -0.39 is 0 Å². The second-order valence-electron chi connectivity index (χ2n) is 11.6. The fourth-order valence-electron chi connectivity index (χ4n) is 6.89. The highest BCUT2D eigenvalue weighted by Crippen LogP contribution is 2.42. The summed E-state index contributed by atoms with van der Waals surface area (Å²) in [6.07, 6.45) is 0. The Bertz CT molecular complexity index is 2810. The number of rotatable bonds is 3. The van der Waals surface area contributed by atoms with E-state index >= 15 is 0 Å². The van der Waals surface area contributed by atoms with Gasteiger partial charge in [-0.2, -0.15) is 0 Å². The van der Waals surface area contributed by atoms with E-state index in [2.05, 4.69) is 66.7 Å². The molecule has 0 amide bonds. The Labute approximate surface area is 262 Å². The van der Waals surface area contributed by atoms with Gasteiger partial charge in [0.1, 0.15) is 22.3 Å². The molecule has 0 spiro atoms. The third kappa shape index (κ3) is 3.66. The van der Waals surface area contributed by atoms with E-state index in [1.807, 2.05) is 72.8 Å². The zero-order valence-electron chi connectivity index (χ0n) is 24.4. The Kier molecular flexibility index (Phi) is 5.22. The number of aromatic nitrogens is 3. The SMILES string of the molecule is c1ccc(-c2nc(-c3cc4ccc5oc6ccccc6c5c4c4ccccc34)nc(-c3cccc4oc5ccccc5c34)n2)cc1. The second-order valence-corrected chi connectivity index (χ2v) is 11.6. The third-order valence-corrected chi connectivity index (χ3v) is 8.91. The van der Waals surface area contributed by atoms with Crippen molar-refractivity contribution >= 4 is 65.4 Å². The van der Waals surface area contributed by atoms with Gasteiger partial charge in [0.2, 0.25) is 0 Å².